The fraction of sp³-hybridized carbons (Fsp3) is 0.455. The van der Waals surface area contributed by atoms with Crippen molar-refractivity contribution in [2.75, 3.05) is 17.8 Å². The van der Waals surface area contributed by atoms with E-state index in [1.54, 1.807) is 6.92 Å². The van der Waals surface area contributed by atoms with Gasteiger partial charge >= 0.3 is 0 Å². The minimum absolute atomic E-state index is 0.174. The highest BCUT2D eigenvalue weighted by Gasteiger charge is 2.08. The molecule has 1 rings (SSSR count). The number of hydrogen-bond acceptors (Lipinski definition) is 4. The Kier molecular flexibility index (Phi) is 5.50. The third-order valence-corrected chi connectivity index (χ3v) is 5.03. The summed E-state index contributed by atoms with van der Waals surface area (Å²) in [5, 5.41) is 9.46. The SMILES string of the molecule is CC(O)c1ccc(SCCS(C)(=O)=O)cc1Br. The summed E-state index contributed by atoms with van der Waals surface area (Å²) in [6.45, 7) is 1.70. The Bertz CT molecular complexity index is 483. The molecule has 0 radical (unpaired) electrons. The molecule has 0 saturated carbocycles. The highest BCUT2D eigenvalue weighted by Crippen LogP contribution is 2.28. The van der Waals surface area contributed by atoms with E-state index >= 15 is 0 Å². The Morgan fingerprint density at radius 1 is 1.47 bits per heavy atom. The van der Waals surface area contributed by atoms with E-state index in [9.17, 15) is 13.5 Å². The Labute approximate surface area is 115 Å². The van der Waals surface area contributed by atoms with Crippen LogP contribution in [0.25, 0.3) is 0 Å². The fourth-order valence-corrected chi connectivity index (χ4v) is 4.25. The molecule has 0 aliphatic rings. The van der Waals surface area contributed by atoms with Gasteiger partial charge in [-0.15, -0.1) is 11.8 Å². The Morgan fingerprint density at radius 2 is 2.12 bits per heavy atom. The lowest BCUT2D eigenvalue weighted by Crippen LogP contribution is -2.04. The average Bonchev–Trinajstić information content (AvgIpc) is 2.15. The predicted molar refractivity (Wildman–Crippen MR) is 75.2 cm³/mol. The molecule has 0 aliphatic carbocycles. The van der Waals surface area contributed by atoms with Crippen LogP contribution in [0.4, 0.5) is 0 Å². The first-order chi connectivity index (χ1) is 7.79. The first-order valence-electron chi connectivity index (χ1n) is 5.07. The van der Waals surface area contributed by atoms with Crippen LogP contribution in [0, 0.1) is 0 Å². The maximum atomic E-state index is 11.0. The van der Waals surface area contributed by atoms with E-state index in [-0.39, 0.29) is 5.75 Å². The standard InChI is InChI=1S/C11H15BrO3S2/c1-8(13)10-4-3-9(7-11(10)12)16-5-6-17(2,14)15/h3-4,7-8,13H,5-6H2,1-2H3. The Hall–Kier alpha value is -0.0400. The number of rotatable bonds is 5. The lowest BCUT2D eigenvalue weighted by atomic mass is 10.1. The third-order valence-electron chi connectivity index (χ3n) is 2.14. The fourth-order valence-electron chi connectivity index (χ4n) is 1.25. The molecule has 1 aromatic carbocycles. The van der Waals surface area contributed by atoms with E-state index in [4.69, 9.17) is 0 Å². The van der Waals surface area contributed by atoms with Crippen LogP contribution in [0.5, 0.6) is 0 Å². The van der Waals surface area contributed by atoms with Gasteiger partial charge in [0.25, 0.3) is 0 Å². The van der Waals surface area contributed by atoms with Gasteiger partial charge in [-0.05, 0) is 24.6 Å². The molecule has 1 aromatic rings. The number of benzene rings is 1. The molecule has 6 heteroatoms. The average molecular weight is 339 g/mol. The number of sulfone groups is 1. The monoisotopic (exact) mass is 338 g/mol. The molecular formula is C11H15BrO3S2. The van der Waals surface area contributed by atoms with Gasteiger partial charge in [-0.1, -0.05) is 22.0 Å². The van der Waals surface area contributed by atoms with E-state index in [1.165, 1.54) is 18.0 Å². The summed E-state index contributed by atoms with van der Waals surface area (Å²) in [7, 11) is -2.90. The summed E-state index contributed by atoms with van der Waals surface area (Å²) in [6.07, 6.45) is 0.722. The van der Waals surface area contributed by atoms with Gasteiger partial charge in [0.1, 0.15) is 9.84 Å². The third kappa shape index (κ3) is 5.42. The summed E-state index contributed by atoms with van der Waals surface area (Å²) >= 11 is 4.88. The van der Waals surface area contributed by atoms with Gasteiger partial charge in [0.2, 0.25) is 0 Å². The Balaban J connectivity index is 2.65. The minimum Gasteiger partial charge on any atom is -0.389 e. The lowest BCUT2D eigenvalue weighted by Gasteiger charge is -2.09. The summed E-state index contributed by atoms with van der Waals surface area (Å²) in [6, 6.07) is 5.63. The molecule has 0 aromatic heterocycles. The minimum atomic E-state index is -2.90. The van der Waals surface area contributed by atoms with Crippen molar-refractivity contribution >= 4 is 37.5 Å². The number of aliphatic hydroxyl groups is 1. The molecule has 0 saturated heterocycles. The Morgan fingerprint density at radius 3 is 2.59 bits per heavy atom. The second-order valence-electron chi connectivity index (χ2n) is 3.84. The first kappa shape index (κ1) is 15.0. The van der Waals surface area contributed by atoms with Crippen molar-refractivity contribution in [2.45, 2.75) is 17.9 Å². The lowest BCUT2D eigenvalue weighted by molar-refractivity contribution is 0.198. The summed E-state index contributed by atoms with van der Waals surface area (Å²) in [5.74, 6) is 0.715. The molecule has 0 bridgehead atoms. The molecule has 0 spiro atoms. The van der Waals surface area contributed by atoms with E-state index < -0.39 is 15.9 Å². The molecule has 1 unspecified atom stereocenters. The summed E-state index contributed by atoms with van der Waals surface area (Å²) in [4.78, 5) is 0.991. The molecular weight excluding hydrogens is 324 g/mol. The van der Waals surface area contributed by atoms with Crippen LogP contribution in [0.2, 0.25) is 0 Å². The molecule has 17 heavy (non-hydrogen) atoms. The van der Waals surface area contributed by atoms with Gasteiger partial charge in [0, 0.05) is 21.4 Å². The van der Waals surface area contributed by atoms with Gasteiger partial charge in [-0.3, -0.25) is 0 Å². The van der Waals surface area contributed by atoms with Crippen molar-refractivity contribution in [1.29, 1.82) is 0 Å². The quantitative estimate of drug-likeness (QED) is 0.838. The maximum absolute atomic E-state index is 11.0. The van der Waals surface area contributed by atoms with Crippen LogP contribution >= 0.6 is 27.7 Å². The van der Waals surface area contributed by atoms with Gasteiger partial charge < -0.3 is 5.11 Å². The highest BCUT2D eigenvalue weighted by molar-refractivity contribution is 9.10. The van der Waals surface area contributed by atoms with Crippen molar-refractivity contribution in [2.24, 2.45) is 0 Å². The molecule has 0 amide bonds. The zero-order valence-corrected chi connectivity index (χ0v) is 12.9. The van der Waals surface area contributed by atoms with Crippen LogP contribution in [0.3, 0.4) is 0 Å². The second-order valence-corrected chi connectivity index (χ2v) is 8.12. The molecule has 96 valence electrons. The molecule has 1 atom stereocenters. The van der Waals surface area contributed by atoms with Crippen LogP contribution in [0.1, 0.15) is 18.6 Å². The molecule has 1 N–H and O–H groups in total. The summed E-state index contributed by atoms with van der Waals surface area (Å²) in [5.41, 5.74) is 0.831. The van der Waals surface area contributed by atoms with E-state index in [1.807, 2.05) is 18.2 Å². The zero-order chi connectivity index (χ0) is 13.1. The van der Waals surface area contributed by atoms with Crippen LogP contribution in [-0.4, -0.2) is 31.3 Å². The van der Waals surface area contributed by atoms with Crippen molar-refractivity contribution in [3.63, 3.8) is 0 Å². The molecule has 0 aliphatic heterocycles. The van der Waals surface area contributed by atoms with Crippen molar-refractivity contribution in [3.8, 4) is 0 Å². The van der Waals surface area contributed by atoms with Crippen molar-refractivity contribution in [1.82, 2.24) is 0 Å². The van der Waals surface area contributed by atoms with Crippen molar-refractivity contribution < 1.29 is 13.5 Å². The normalized spacial score (nSPS) is 13.6. The smallest absolute Gasteiger partial charge is 0.148 e. The summed E-state index contributed by atoms with van der Waals surface area (Å²) < 4.78 is 22.8. The molecule has 0 fully saturated rings. The first-order valence-corrected chi connectivity index (χ1v) is 8.91. The van der Waals surface area contributed by atoms with E-state index in [2.05, 4.69) is 15.9 Å². The second kappa shape index (κ2) is 6.22. The van der Waals surface area contributed by atoms with Crippen LogP contribution in [0.15, 0.2) is 27.6 Å². The highest BCUT2D eigenvalue weighted by atomic mass is 79.9. The number of hydrogen-bond donors (Lipinski definition) is 1. The predicted octanol–water partition coefficient (Wildman–Crippen LogP) is 2.64. The van der Waals surface area contributed by atoms with Gasteiger partial charge in [-0.2, -0.15) is 0 Å². The topological polar surface area (TPSA) is 54.4 Å². The van der Waals surface area contributed by atoms with Gasteiger partial charge in [-0.25, -0.2) is 8.42 Å². The van der Waals surface area contributed by atoms with Gasteiger partial charge in [0.05, 0.1) is 11.9 Å². The van der Waals surface area contributed by atoms with Crippen LogP contribution in [-0.2, 0) is 9.84 Å². The maximum Gasteiger partial charge on any atom is 0.148 e. The molecule has 0 heterocycles. The zero-order valence-electron chi connectivity index (χ0n) is 9.68. The van der Waals surface area contributed by atoms with E-state index in [0.29, 0.717) is 5.75 Å². The number of aliphatic hydroxyl groups excluding tert-OH is 1. The van der Waals surface area contributed by atoms with Gasteiger partial charge in [0.15, 0.2) is 0 Å². The number of thioether (sulfide) groups is 1. The molecule has 3 nitrogen and oxygen atoms in total. The van der Waals surface area contributed by atoms with Crippen LogP contribution < -0.4 is 0 Å². The number of halogens is 1. The largest absolute Gasteiger partial charge is 0.389 e. The van der Waals surface area contributed by atoms with Crippen molar-refractivity contribution in [3.05, 3.63) is 28.2 Å². The van der Waals surface area contributed by atoms with E-state index in [0.717, 1.165) is 14.9 Å².